The van der Waals surface area contributed by atoms with Gasteiger partial charge in [0.15, 0.2) is 0 Å². The van der Waals surface area contributed by atoms with Crippen LogP contribution in [-0.4, -0.2) is 5.11 Å². The Morgan fingerprint density at radius 3 is 2.50 bits per heavy atom. The minimum atomic E-state index is 0.450. The van der Waals surface area contributed by atoms with E-state index in [1.54, 1.807) is 5.56 Å². The van der Waals surface area contributed by atoms with Crippen LogP contribution in [0.4, 0.5) is 0 Å². The zero-order chi connectivity index (χ0) is 16.5. The van der Waals surface area contributed by atoms with Crippen LogP contribution in [-0.2, 0) is 6.42 Å². The molecule has 4 aliphatic rings. The fourth-order valence-electron chi connectivity index (χ4n) is 7.59. The number of fused-ring (bicyclic) bond motifs is 5. The zero-order valence-corrected chi connectivity index (χ0v) is 15.4. The molecular weight excluding hydrogens is 292 g/mol. The zero-order valence-electron chi connectivity index (χ0n) is 15.4. The van der Waals surface area contributed by atoms with Crippen molar-refractivity contribution in [2.24, 2.45) is 28.6 Å². The molecule has 3 saturated carbocycles. The van der Waals surface area contributed by atoms with Crippen LogP contribution in [0.2, 0.25) is 0 Å². The van der Waals surface area contributed by atoms with Gasteiger partial charge < -0.3 is 5.11 Å². The van der Waals surface area contributed by atoms with Crippen LogP contribution < -0.4 is 0 Å². The van der Waals surface area contributed by atoms with Gasteiger partial charge in [-0.05, 0) is 109 Å². The standard InChI is InChI=1S/C23H32O/c1-22(16-4-3-5-16)13-11-21-20-8-6-15-14-17(24)7-9-18(15)19(20)10-12-23(21,22)2/h7,9,14,16,19-21,24H,3-6,8,10-13H2,1-2H3/t19-,20-,21+,22-,23+/m1/s1. The summed E-state index contributed by atoms with van der Waals surface area (Å²) in [6, 6.07) is 6.19. The molecule has 1 aromatic carbocycles. The Balaban J connectivity index is 1.49. The molecule has 0 heterocycles. The maximum absolute atomic E-state index is 9.84. The van der Waals surface area contributed by atoms with Gasteiger partial charge in [0.05, 0.1) is 0 Å². The molecule has 0 aliphatic heterocycles. The fraction of sp³-hybridized carbons (Fsp3) is 0.739. The lowest BCUT2D eigenvalue weighted by atomic mass is 9.47. The average Bonchev–Trinajstić information content (AvgIpc) is 2.77. The maximum Gasteiger partial charge on any atom is 0.115 e. The summed E-state index contributed by atoms with van der Waals surface area (Å²) < 4.78 is 0. The van der Waals surface area contributed by atoms with E-state index in [9.17, 15) is 5.11 Å². The number of aryl methyl sites for hydroxylation is 1. The van der Waals surface area contributed by atoms with Crippen LogP contribution in [0.1, 0.15) is 82.3 Å². The first-order chi connectivity index (χ1) is 11.5. The number of phenols is 1. The minimum absolute atomic E-state index is 0.450. The Morgan fingerprint density at radius 2 is 1.75 bits per heavy atom. The summed E-state index contributed by atoms with van der Waals surface area (Å²) in [4.78, 5) is 0. The largest absolute Gasteiger partial charge is 0.508 e. The number of aromatic hydroxyl groups is 1. The molecule has 0 bridgehead atoms. The lowest BCUT2D eigenvalue weighted by Gasteiger charge is -2.58. The lowest BCUT2D eigenvalue weighted by molar-refractivity contribution is -0.0700. The van der Waals surface area contributed by atoms with Crippen LogP contribution in [0.3, 0.4) is 0 Å². The first-order valence-electron chi connectivity index (χ1n) is 10.3. The van der Waals surface area contributed by atoms with Gasteiger partial charge in [0, 0.05) is 0 Å². The van der Waals surface area contributed by atoms with Gasteiger partial charge in [-0.15, -0.1) is 0 Å². The van der Waals surface area contributed by atoms with Crippen LogP contribution in [0.5, 0.6) is 5.75 Å². The normalized spacial score (nSPS) is 44.3. The topological polar surface area (TPSA) is 20.2 Å². The van der Waals surface area contributed by atoms with Gasteiger partial charge in [-0.25, -0.2) is 0 Å². The summed E-state index contributed by atoms with van der Waals surface area (Å²) in [6.45, 7) is 5.33. The molecule has 5 atom stereocenters. The van der Waals surface area contributed by atoms with Crippen molar-refractivity contribution in [2.75, 3.05) is 0 Å². The van der Waals surface area contributed by atoms with Crippen LogP contribution in [0.15, 0.2) is 18.2 Å². The fourth-order valence-corrected chi connectivity index (χ4v) is 7.59. The summed E-state index contributed by atoms with van der Waals surface area (Å²) in [5.41, 5.74) is 4.19. The van der Waals surface area contributed by atoms with Crippen molar-refractivity contribution in [1.29, 1.82) is 0 Å². The van der Waals surface area contributed by atoms with Crippen molar-refractivity contribution in [3.05, 3.63) is 29.3 Å². The quantitative estimate of drug-likeness (QED) is 0.666. The highest BCUT2D eigenvalue weighted by Crippen LogP contribution is 2.71. The molecule has 4 aliphatic carbocycles. The second-order valence-corrected chi connectivity index (χ2v) is 9.84. The van der Waals surface area contributed by atoms with E-state index in [4.69, 9.17) is 0 Å². The molecule has 24 heavy (non-hydrogen) atoms. The molecule has 0 spiro atoms. The Hall–Kier alpha value is -0.980. The molecule has 0 saturated heterocycles. The third kappa shape index (κ3) is 1.82. The summed E-state index contributed by atoms with van der Waals surface area (Å²) >= 11 is 0. The molecule has 0 unspecified atom stereocenters. The van der Waals surface area contributed by atoms with Gasteiger partial charge in [-0.3, -0.25) is 0 Å². The van der Waals surface area contributed by atoms with Crippen molar-refractivity contribution < 1.29 is 5.11 Å². The third-order valence-corrected chi connectivity index (χ3v) is 9.39. The van der Waals surface area contributed by atoms with Crippen molar-refractivity contribution >= 4 is 0 Å². The first-order valence-corrected chi connectivity index (χ1v) is 10.3. The highest BCUT2D eigenvalue weighted by Gasteiger charge is 2.62. The molecule has 1 heteroatoms. The predicted molar refractivity (Wildman–Crippen MR) is 98.2 cm³/mol. The Labute approximate surface area is 146 Å². The predicted octanol–water partition coefficient (Wildman–Crippen LogP) is 6.05. The summed E-state index contributed by atoms with van der Waals surface area (Å²) in [5, 5.41) is 9.84. The van der Waals surface area contributed by atoms with E-state index in [0.29, 0.717) is 16.6 Å². The first kappa shape index (κ1) is 15.3. The second-order valence-electron chi connectivity index (χ2n) is 9.84. The average molecular weight is 325 g/mol. The van der Waals surface area contributed by atoms with Crippen LogP contribution in [0.25, 0.3) is 0 Å². The van der Waals surface area contributed by atoms with E-state index < -0.39 is 0 Å². The summed E-state index contributed by atoms with van der Waals surface area (Å²) in [5.74, 6) is 4.05. The van der Waals surface area contributed by atoms with E-state index >= 15 is 0 Å². The molecule has 0 amide bonds. The maximum atomic E-state index is 9.84. The van der Waals surface area contributed by atoms with Gasteiger partial charge in [-0.1, -0.05) is 26.3 Å². The number of phenolic OH excluding ortho intramolecular Hbond substituents is 1. The number of hydrogen-bond acceptors (Lipinski definition) is 1. The summed E-state index contributed by atoms with van der Waals surface area (Å²) in [6.07, 6.45) is 12.7. The molecule has 0 radical (unpaired) electrons. The second kappa shape index (κ2) is 5.02. The molecule has 1 N–H and O–H groups in total. The molecular formula is C23H32O. The number of rotatable bonds is 1. The van der Waals surface area contributed by atoms with Crippen LogP contribution >= 0.6 is 0 Å². The Morgan fingerprint density at radius 1 is 0.958 bits per heavy atom. The van der Waals surface area contributed by atoms with E-state index in [1.165, 1.54) is 63.4 Å². The summed E-state index contributed by atoms with van der Waals surface area (Å²) in [7, 11) is 0. The molecule has 3 fully saturated rings. The Kier molecular flexibility index (Phi) is 3.20. The van der Waals surface area contributed by atoms with Crippen molar-refractivity contribution in [1.82, 2.24) is 0 Å². The monoisotopic (exact) mass is 324 g/mol. The van der Waals surface area contributed by atoms with Crippen molar-refractivity contribution in [2.45, 2.75) is 77.6 Å². The van der Waals surface area contributed by atoms with E-state index in [1.807, 2.05) is 12.1 Å². The highest BCUT2D eigenvalue weighted by atomic mass is 16.3. The minimum Gasteiger partial charge on any atom is -0.508 e. The van der Waals surface area contributed by atoms with Crippen molar-refractivity contribution in [3.8, 4) is 5.75 Å². The van der Waals surface area contributed by atoms with Crippen molar-refractivity contribution in [3.63, 3.8) is 0 Å². The van der Waals surface area contributed by atoms with Crippen LogP contribution in [0, 0.1) is 28.6 Å². The van der Waals surface area contributed by atoms with Gasteiger partial charge in [-0.2, -0.15) is 0 Å². The number of benzene rings is 1. The molecule has 130 valence electrons. The van der Waals surface area contributed by atoms with E-state index in [-0.39, 0.29) is 0 Å². The van der Waals surface area contributed by atoms with Gasteiger partial charge in [0.1, 0.15) is 5.75 Å². The van der Waals surface area contributed by atoms with E-state index in [0.717, 1.165) is 23.7 Å². The third-order valence-electron chi connectivity index (χ3n) is 9.39. The highest BCUT2D eigenvalue weighted by molar-refractivity contribution is 5.40. The van der Waals surface area contributed by atoms with E-state index in [2.05, 4.69) is 19.9 Å². The number of hydrogen-bond donors (Lipinski definition) is 1. The molecule has 5 rings (SSSR count). The Bertz CT molecular complexity index is 660. The lowest BCUT2D eigenvalue weighted by Crippen LogP contribution is -2.50. The smallest absolute Gasteiger partial charge is 0.115 e. The SMILES string of the molecule is C[C@]12CC[C@@H]3c4ccc(O)cc4CC[C@H]3[C@@H]1CC[C@]2(C)C1CCC1. The van der Waals surface area contributed by atoms with Gasteiger partial charge in [0.2, 0.25) is 0 Å². The van der Waals surface area contributed by atoms with Gasteiger partial charge in [0.25, 0.3) is 0 Å². The molecule has 1 nitrogen and oxygen atoms in total. The molecule has 0 aromatic heterocycles. The molecule has 1 aromatic rings. The van der Waals surface area contributed by atoms with Gasteiger partial charge >= 0.3 is 0 Å².